The molecule has 1 aromatic rings. The minimum atomic E-state index is 0.464. The van der Waals surface area contributed by atoms with Crippen LogP contribution in [0.3, 0.4) is 0 Å². The summed E-state index contributed by atoms with van der Waals surface area (Å²) in [7, 11) is 0. The average Bonchev–Trinajstić information content (AvgIpc) is 2.38. The lowest BCUT2D eigenvalue weighted by Crippen LogP contribution is -2.41. The van der Waals surface area contributed by atoms with E-state index >= 15 is 0 Å². The first-order chi connectivity index (χ1) is 9.54. The Morgan fingerprint density at radius 3 is 2.85 bits per heavy atom. The van der Waals surface area contributed by atoms with Crippen LogP contribution in [-0.4, -0.2) is 22.6 Å². The zero-order chi connectivity index (χ0) is 14.7. The van der Waals surface area contributed by atoms with Gasteiger partial charge in [0.15, 0.2) is 0 Å². The third-order valence-electron chi connectivity index (χ3n) is 4.11. The van der Waals surface area contributed by atoms with Crippen LogP contribution in [0.2, 0.25) is 0 Å². The van der Waals surface area contributed by atoms with E-state index < -0.39 is 0 Å². The predicted molar refractivity (Wildman–Crippen MR) is 89.5 cm³/mol. The van der Waals surface area contributed by atoms with E-state index in [4.69, 9.17) is 18.0 Å². The van der Waals surface area contributed by atoms with Crippen LogP contribution in [0, 0.1) is 13.8 Å². The summed E-state index contributed by atoms with van der Waals surface area (Å²) >= 11 is 5.26. The lowest BCUT2D eigenvalue weighted by atomic mass is 9.96. The van der Waals surface area contributed by atoms with Crippen molar-refractivity contribution >= 4 is 22.9 Å². The van der Waals surface area contributed by atoms with Gasteiger partial charge >= 0.3 is 0 Å². The normalized spacial score (nSPS) is 19.1. The number of nitrogens with zero attached hydrogens (tertiary/aromatic N) is 2. The SMILES string of the molecule is CCCC1CCCCN1c1cc(C)nc(C)c1C(N)=S. The standard InChI is InChI=1S/C16H25N3S/c1-4-7-13-8-5-6-9-19(13)14-10-11(2)18-12(3)15(14)16(17)20/h10,13H,4-9H2,1-3H3,(H2,17,20). The molecule has 0 aromatic carbocycles. The fraction of sp³-hybridized carbons (Fsp3) is 0.625. The van der Waals surface area contributed by atoms with Crippen LogP contribution in [0.25, 0.3) is 0 Å². The van der Waals surface area contributed by atoms with E-state index in [2.05, 4.69) is 22.9 Å². The molecule has 0 bridgehead atoms. The lowest BCUT2D eigenvalue weighted by molar-refractivity contribution is 0.434. The number of thiocarbonyl (C=S) groups is 1. The van der Waals surface area contributed by atoms with Gasteiger partial charge in [0.2, 0.25) is 0 Å². The minimum Gasteiger partial charge on any atom is -0.389 e. The van der Waals surface area contributed by atoms with E-state index in [0.29, 0.717) is 11.0 Å². The molecule has 1 unspecified atom stereocenters. The topological polar surface area (TPSA) is 42.2 Å². The monoisotopic (exact) mass is 291 g/mol. The van der Waals surface area contributed by atoms with Crippen molar-refractivity contribution in [3.63, 3.8) is 0 Å². The van der Waals surface area contributed by atoms with Gasteiger partial charge in [-0.05, 0) is 45.6 Å². The molecule has 0 amide bonds. The van der Waals surface area contributed by atoms with E-state index in [1.54, 1.807) is 0 Å². The Labute approximate surface area is 127 Å². The van der Waals surface area contributed by atoms with Gasteiger partial charge in [-0.25, -0.2) is 0 Å². The van der Waals surface area contributed by atoms with Crippen molar-refractivity contribution < 1.29 is 0 Å². The molecule has 0 aliphatic carbocycles. The molecule has 3 nitrogen and oxygen atoms in total. The summed E-state index contributed by atoms with van der Waals surface area (Å²) in [6.07, 6.45) is 6.29. The zero-order valence-corrected chi connectivity index (χ0v) is 13.6. The van der Waals surface area contributed by atoms with E-state index in [9.17, 15) is 0 Å². The summed E-state index contributed by atoms with van der Waals surface area (Å²) in [5.74, 6) is 0. The fourth-order valence-electron chi connectivity index (χ4n) is 3.29. The van der Waals surface area contributed by atoms with Crippen LogP contribution < -0.4 is 10.6 Å². The van der Waals surface area contributed by atoms with Gasteiger partial charge in [0.05, 0.1) is 11.3 Å². The van der Waals surface area contributed by atoms with E-state index in [-0.39, 0.29) is 0 Å². The van der Waals surface area contributed by atoms with E-state index in [1.165, 1.54) is 37.8 Å². The number of hydrogen-bond acceptors (Lipinski definition) is 3. The van der Waals surface area contributed by atoms with Gasteiger partial charge in [0.1, 0.15) is 4.99 Å². The summed E-state index contributed by atoms with van der Waals surface area (Å²) in [6, 6.07) is 2.76. The Morgan fingerprint density at radius 1 is 1.45 bits per heavy atom. The van der Waals surface area contributed by atoms with Gasteiger partial charge in [-0.15, -0.1) is 0 Å². The third kappa shape index (κ3) is 3.11. The van der Waals surface area contributed by atoms with Crippen molar-refractivity contribution in [2.24, 2.45) is 5.73 Å². The van der Waals surface area contributed by atoms with Crippen molar-refractivity contribution in [1.82, 2.24) is 4.98 Å². The van der Waals surface area contributed by atoms with Gasteiger partial charge in [-0.3, -0.25) is 4.98 Å². The first kappa shape index (κ1) is 15.2. The Kier molecular flexibility index (Phi) is 4.97. The molecule has 110 valence electrons. The predicted octanol–water partition coefficient (Wildman–Crippen LogP) is 3.49. The second-order valence-corrected chi connectivity index (χ2v) is 6.18. The highest BCUT2D eigenvalue weighted by Crippen LogP contribution is 2.31. The lowest BCUT2D eigenvalue weighted by Gasteiger charge is -2.39. The Bertz CT molecular complexity index is 497. The van der Waals surface area contributed by atoms with Crippen molar-refractivity contribution in [3.8, 4) is 0 Å². The van der Waals surface area contributed by atoms with Crippen LogP contribution in [-0.2, 0) is 0 Å². The quantitative estimate of drug-likeness (QED) is 0.862. The first-order valence-corrected chi connectivity index (χ1v) is 8.00. The van der Waals surface area contributed by atoms with Crippen molar-refractivity contribution in [1.29, 1.82) is 0 Å². The molecule has 2 N–H and O–H groups in total. The highest BCUT2D eigenvalue weighted by Gasteiger charge is 2.25. The van der Waals surface area contributed by atoms with Gasteiger partial charge in [0, 0.05) is 24.0 Å². The minimum absolute atomic E-state index is 0.464. The molecular formula is C16H25N3S. The molecular weight excluding hydrogens is 266 g/mol. The molecule has 1 aliphatic rings. The Hall–Kier alpha value is -1.16. The average molecular weight is 291 g/mol. The van der Waals surface area contributed by atoms with Crippen LogP contribution in [0.5, 0.6) is 0 Å². The maximum absolute atomic E-state index is 5.96. The smallest absolute Gasteiger partial charge is 0.107 e. The summed E-state index contributed by atoms with van der Waals surface area (Å²) in [5.41, 5.74) is 10.1. The summed E-state index contributed by atoms with van der Waals surface area (Å²) in [4.78, 5) is 7.51. The summed E-state index contributed by atoms with van der Waals surface area (Å²) in [6.45, 7) is 7.40. The number of pyridine rings is 1. The van der Waals surface area contributed by atoms with Crippen molar-refractivity contribution in [3.05, 3.63) is 23.0 Å². The van der Waals surface area contributed by atoms with Gasteiger partial charge in [-0.1, -0.05) is 25.6 Å². The summed E-state index contributed by atoms with van der Waals surface area (Å²) < 4.78 is 0. The number of rotatable bonds is 4. The molecule has 1 fully saturated rings. The molecule has 1 atom stereocenters. The van der Waals surface area contributed by atoms with Crippen LogP contribution in [0.4, 0.5) is 5.69 Å². The number of piperidine rings is 1. The molecule has 1 saturated heterocycles. The molecule has 4 heteroatoms. The molecule has 2 heterocycles. The zero-order valence-electron chi connectivity index (χ0n) is 12.8. The molecule has 1 aromatic heterocycles. The number of anilines is 1. The van der Waals surface area contributed by atoms with E-state index in [1.807, 2.05) is 13.8 Å². The number of hydrogen-bond donors (Lipinski definition) is 1. The highest BCUT2D eigenvalue weighted by atomic mass is 32.1. The maximum atomic E-state index is 5.96. The molecule has 20 heavy (non-hydrogen) atoms. The molecule has 0 saturated carbocycles. The number of aromatic nitrogens is 1. The van der Waals surface area contributed by atoms with Crippen LogP contribution in [0.1, 0.15) is 56.0 Å². The third-order valence-corrected chi connectivity index (χ3v) is 4.32. The highest BCUT2D eigenvalue weighted by molar-refractivity contribution is 7.80. The second kappa shape index (κ2) is 6.53. The Morgan fingerprint density at radius 2 is 2.20 bits per heavy atom. The van der Waals surface area contributed by atoms with Gasteiger partial charge in [-0.2, -0.15) is 0 Å². The maximum Gasteiger partial charge on any atom is 0.107 e. The number of nitrogens with two attached hydrogens (primary N) is 1. The number of aryl methyl sites for hydroxylation is 2. The first-order valence-electron chi connectivity index (χ1n) is 7.59. The molecule has 1 aliphatic heterocycles. The van der Waals surface area contributed by atoms with Gasteiger partial charge < -0.3 is 10.6 Å². The summed E-state index contributed by atoms with van der Waals surface area (Å²) in [5, 5.41) is 0. The van der Waals surface area contributed by atoms with Gasteiger partial charge in [0.25, 0.3) is 0 Å². The largest absolute Gasteiger partial charge is 0.389 e. The van der Waals surface area contributed by atoms with Crippen molar-refractivity contribution in [2.45, 2.75) is 58.9 Å². The second-order valence-electron chi connectivity index (χ2n) is 5.74. The van der Waals surface area contributed by atoms with E-state index in [0.717, 1.165) is 23.5 Å². The Balaban J connectivity index is 2.46. The van der Waals surface area contributed by atoms with Crippen LogP contribution >= 0.6 is 12.2 Å². The van der Waals surface area contributed by atoms with Crippen LogP contribution in [0.15, 0.2) is 6.07 Å². The molecule has 2 rings (SSSR count). The molecule has 0 spiro atoms. The molecule has 0 radical (unpaired) electrons. The van der Waals surface area contributed by atoms with Crippen molar-refractivity contribution in [2.75, 3.05) is 11.4 Å². The fourth-order valence-corrected chi connectivity index (χ4v) is 3.54.